The maximum absolute atomic E-state index is 11.4. The van der Waals surface area contributed by atoms with Gasteiger partial charge in [0.05, 0.1) is 0 Å². The van der Waals surface area contributed by atoms with Gasteiger partial charge in [0.1, 0.15) is 9.88 Å². The van der Waals surface area contributed by atoms with Crippen molar-refractivity contribution in [1.82, 2.24) is 4.31 Å². The maximum atomic E-state index is 11.4. The predicted octanol–water partition coefficient (Wildman–Crippen LogP) is 0.665. The molecular formula is C7H10N2O4S2. The number of hydrogen-bond acceptors (Lipinski definition) is 4. The van der Waals surface area contributed by atoms with Crippen molar-refractivity contribution >= 4 is 32.5 Å². The van der Waals surface area contributed by atoms with Gasteiger partial charge >= 0.3 is 16.2 Å². The molecule has 6 nitrogen and oxygen atoms in total. The first kappa shape index (κ1) is 12.0. The summed E-state index contributed by atoms with van der Waals surface area (Å²) in [7, 11) is -0.797. The van der Waals surface area contributed by atoms with Crippen LogP contribution in [0.1, 0.15) is 9.67 Å². The second-order valence-corrected chi connectivity index (χ2v) is 5.83. The summed E-state index contributed by atoms with van der Waals surface area (Å²) < 4.78 is 26.0. The minimum Gasteiger partial charge on any atom is -0.477 e. The predicted molar refractivity (Wildman–Crippen MR) is 57.5 cm³/mol. The van der Waals surface area contributed by atoms with Gasteiger partial charge in [-0.05, 0) is 12.1 Å². The normalized spacial score (nSPS) is 11.7. The van der Waals surface area contributed by atoms with E-state index >= 15 is 0 Å². The van der Waals surface area contributed by atoms with Crippen molar-refractivity contribution in [2.24, 2.45) is 0 Å². The quantitative estimate of drug-likeness (QED) is 0.822. The lowest BCUT2D eigenvalue weighted by Gasteiger charge is -2.11. The Labute approximate surface area is 91.3 Å². The van der Waals surface area contributed by atoms with Crippen molar-refractivity contribution in [3.8, 4) is 0 Å². The summed E-state index contributed by atoms with van der Waals surface area (Å²) in [5, 5.41) is 8.91. The Kier molecular flexibility index (Phi) is 3.32. The topological polar surface area (TPSA) is 86.7 Å². The number of rotatable bonds is 4. The van der Waals surface area contributed by atoms with Gasteiger partial charge in [0.15, 0.2) is 0 Å². The van der Waals surface area contributed by atoms with Crippen LogP contribution in [-0.2, 0) is 10.2 Å². The average Bonchev–Trinajstić information content (AvgIpc) is 2.51. The molecule has 0 spiro atoms. The van der Waals surface area contributed by atoms with Gasteiger partial charge in [0.25, 0.3) is 0 Å². The lowest BCUT2D eigenvalue weighted by molar-refractivity contribution is 0.0702. The zero-order chi connectivity index (χ0) is 11.6. The van der Waals surface area contributed by atoms with Gasteiger partial charge in [0, 0.05) is 14.1 Å². The Morgan fingerprint density at radius 3 is 2.47 bits per heavy atom. The highest BCUT2D eigenvalue weighted by Crippen LogP contribution is 2.23. The first-order valence-corrected chi connectivity index (χ1v) is 6.12. The molecule has 84 valence electrons. The van der Waals surface area contributed by atoms with E-state index in [1.165, 1.54) is 26.2 Å². The Balaban J connectivity index is 2.87. The van der Waals surface area contributed by atoms with Gasteiger partial charge < -0.3 is 5.11 Å². The Bertz CT molecular complexity index is 463. The molecule has 0 aliphatic rings. The van der Waals surface area contributed by atoms with Crippen molar-refractivity contribution < 1.29 is 18.3 Å². The minimum atomic E-state index is -3.56. The summed E-state index contributed by atoms with van der Waals surface area (Å²) in [5.41, 5.74) is 0. The van der Waals surface area contributed by atoms with Crippen molar-refractivity contribution in [1.29, 1.82) is 0 Å². The van der Waals surface area contributed by atoms with E-state index in [-0.39, 0.29) is 9.88 Å². The summed E-state index contributed by atoms with van der Waals surface area (Å²) in [4.78, 5) is 10.6. The molecule has 0 unspecified atom stereocenters. The summed E-state index contributed by atoms with van der Waals surface area (Å²) in [6, 6.07) is 2.76. The average molecular weight is 250 g/mol. The number of anilines is 1. The molecule has 0 atom stereocenters. The third-order valence-electron chi connectivity index (χ3n) is 1.53. The number of carbonyl (C=O) groups is 1. The largest absolute Gasteiger partial charge is 0.477 e. The van der Waals surface area contributed by atoms with Crippen LogP contribution < -0.4 is 4.72 Å². The smallest absolute Gasteiger partial charge is 0.345 e. The van der Waals surface area contributed by atoms with Crippen molar-refractivity contribution in [2.45, 2.75) is 0 Å². The highest BCUT2D eigenvalue weighted by molar-refractivity contribution is 7.90. The standard InChI is InChI=1S/C7H10N2O4S2/c1-9(2)15(12,13)8-6-4-3-5(14-6)7(10)11/h3-4,8H,1-2H3,(H,10,11). The summed E-state index contributed by atoms with van der Waals surface area (Å²) in [6.07, 6.45) is 0. The van der Waals surface area contributed by atoms with Crippen LogP contribution in [0.15, 0.2) is 12.1 Å². The highest BCUT2D eigenvalue weighted by Gasteiger charge is 2.15. The molecule has 0 radical (unpaired) electrons. The zero-order valence-corrected chi connectivity index (χ0v) is 9.72. The van der Waals surface area contributed by atoms with Crippen LogP contribution in [0.3, 0.4) is 0 Å². The lowest BCUT2D eigenvalue weighted by atomic mass is 10.5. The van der Waals surface area contributed by atoms with Gasteiger partial charge in [-0.2, -0.15) is 12.7 Å². The molecule has 0 amide bonds. The SMILES string of the molecule is CN(C)S(=O)(=O)Nc1ccc(C(=O)O)s1. The molecule has 0 aromatic carbocycles. The zero-order valence-electron chi connectivity index (χ0n) is 8.09. The van der Waals surface area contributed by atoms with Crippen LogP contribution in [0.5, 0.6) is 0 Å². The van der Waals surface area contributed by atoms with Crippen molar-refractivity contribution in [3.05, 3.63) is 17.0 Å². The van der Waals surface area contributed by atoms with E-state index in [1.807, 2.05) is 0 Å². The van der Waals surface area contributed by atoms with Crippen LogP contribution in [0.2, 0.25) is 0 Å². The van der Waals surface area contributed by atoms with E-state index in [2.05, 4.69) is 4.72 Å². The monoisotopic (exact) mass is 250 g/mol. The van der Waals surface area contributed by atoms with E-state index in [4.69, 9.17) is 5.11 Å². The van der Waals surface area contributed by atoms with Gasteiger partial charge in [-0.15, -0.1) is 11.3 Å². The number of thiophene rings is 1. The molecule has 8 heteroatoms. The maximum Gasteiger partial charge on any atom is 0.345 e. The number of carboxylic acid groups (broad SMARTS) is 1. The molecule has 1 heterocycles. The molecule has 1 rings (SSSR count). The van der Waals surface area contributed by atoms with Crippen LogP contribution in [0.4, 0.5) is 5.00 Å². The number of carboxylic acids is 1. The molecule has 0 bridgehead atoms. The third-order valence-corrected chi connectivity index (χ3v) is 4.08. The Morgan fingerprint density at radius 1 is 1.47 bits per heavy atom. The Morgan fingerprint density at radius 2 is 2.07 bits per heavy atom. The number of nitrogens with one attached hydrogen (secondary N) is 1. The second-order valence-electron chi connectivity index (χ2n) is 2.86. The molecule has 0 aliphatic carbocycles. The first-order valence-electron chi connectivity index (χ1n) is 3.86. The molecule has 0 saturated carbocycles. The van der Waals surface area contributed by atoms with E-state index in [0.29, 0.717) is 0 Å². The van der Waals surface area contributed by atoms with Crippen LogP contribution in [0.25, 0.3) is 0 Å². The number of aromatic carboxylic acids is 1. The van der Waals surface area contributed by atoms with E-state index in [1.54, 1.807) is 0 Å². The fourth-order valence-corrected chi connectivity index (χ4v) is 2.31. The van der Waals surface area contributed by atoms with E-state index in [9.17, 15) is 13.2 Å². The van der Waals surface area contributed by atoms with Crippen LogP contribution >= 0.6 is 11.3 Å². The fraction of sp³-hybridized carbons (Fsp3) is 0.286. The van der Waals surface area contributed by atoms with Gasteiger partial charge in [-0.1, -0.05) is 0 Å². The lowest BCUT2D eigenvalue weighted by Crippen LogP contribution is -2.28. The third kappa shape index (κ3) is 2.91. The fourth-order valence-electron chi connectivity index (χ4n) is 0.726. The first-order chi connectivity index (χ1) is 6.83. The van der Waals surface area contributed by atoms with Crippen molar-refractivity contribution in [3.63, 3.8) is 0 Å². The van der Waals surface area contributed by atoms with Gasteiger partial charge in [0.2, 0.25) is 0 Å². The molecule has 1 aromatic rings. The molecule has 1 aromatic heterocycles. The molecule has 2 N–H and O–H groups in total. The second kappa shape index (κ2) is 4.17. The molecule has 15 heavy (non-hydrogen) atoms. The summed E-state index contributed by atoms with van der Waals surface area (Å²) in [6.45, 7) is 0. The number of hydrogen-bond donors (Lipinski definition) is 2. The molecule has 0 saturated heterocycles. The van der Waals surface area contributed by atoms with Gasteiger partial charge in [-0.3, -0.25) is 4.72 Å². The minimum absolute atomic E-state index is 0.0893. The summed E-state index contributed by atoms with van der Waals surface area (Å²) in [5.74, 6) is -1.07. The van der Waals surface area contributed by atoms with Crippen LogP contribution in [-0.4, -0.2) is 37.9 Å². The Hall–Kier alpha value is -1.12. The van der Waals surface area contributed by atoms with Crippen molar-refractivity contribution in [2.75, 3.05) is 18.8 Å². The number of nitrogens with zero attached hydrogens (tertiary/aromatic N) is 1. The summed E-state index contributed by atoms with van der Waals surface area (Å²) >= 11 is 0.869. The van der Waals surface area contributed by atoms with E-state index in [0.717, 1.165) is 15.6 Å². The van der Waals surface area contributed by atoms with Gasteiger partial charge in [-0.25, -0.2) is 4.79 Å². The van der Waals surface area contributed by atoms with E-state index < -0.39 is 16.2 Å². The highest BCUT2D eigenvalue weighted by atomic mass is 32.2. The molecule has 0 aliphatic heterocycles. The molecule has 0 fully saturated rings. The molecular weight excluding hydrogens is 240 g/mol. The van der Waals surface area contributed by atoms with Crippen LogP contribution in [0, 0.1) is 0 Å².